The van der Waals surface area contributed by atoms with Crippen LogP contribution in [0.2, 0.25) is 0 Å². The van der Waals surface area contributed by atoms with Crippen LogP contribution < -0.4 is 20.4 Å². The molecule has 3 aromatic heterocycles. The zero-order chi connectivity index (χ0) is 30.1. The SMILES string of the molecule is CC(C)(C)OC(=O)N1c2cccc(n2)Nc2cccc(c2)Nc2cccc(n2)N(C(=O)OC(C)(C)C)c2cccc1n2. The molecule has 0 atom stereocenters. The van der Waals surface area contributed by atoms with Gasteiger partial charge in [0.1, 0.15) is 46.1 Å². The van der Waals surface area contributed by atoms with E-state index in [2.05, 4.69) is 10.6 Å². The van der Waals surface area contributed by atoms with Crippen LogP contribution in [0.5, 0.6) is 0 Å². The monoisotopic (exact) mass is 567 g/mol. The van der Waals surface area contributed by atoms with E-state index in [1.54, 1.807) is 96.1 Å². The first-order valence-electron chi connectivity index (χ1n) is 13.5. The molecular formula is C31H33N7O4. The molecule has 0 radical (unpaired) electrons. The Hall–Kier alpha value is -5.19. The van der Waals surface area contributed by atoms with Gasteiger partial charge in [0.15, 0.2) is 0 Å². The van der Waals surface area contributed by atoms with Gasteiger partial charge in [0, 0.05) is 11.4 Å². The van der Waals surface area contributed by atoms with Crippen LogP contribution in [0.25, 0.3) is 0 Å². The number of ether oxygens (including phenoxy) is 2. The van der Waals surface area contributed by atoms with Crippen LogP contribution in [0.15, 0.2) is 78.9 Å². The third-order valence-electron chi connectivity index (χ3n) is 5.66. The molecule has 2 N–H and O–H groups in total. The van der Waals surface area contributed by atoms with E-state index in [1.807, 2.05) is 24.3 Å². The number of benzene rings is 1. The smallest absolute Gasteiger partial charge is 0.421 e. The second-order valence-electron chi connectivity index (χ2n) is 11.6. The average Bonchev–Trinajstić information content (AvgIpc) is 2.87. The van der Waals surface area contributed by atoms with Crippen LogP contribution in [0, 0.1) is 0 Å². The number of nitrogens with one attached hydrogen (secondary N) is 2. The second kappa shape index (κ2) is 11.0. The molecule has 1 aliphatic heterocycles. The number of carbonyl (C=O) groups is 2. The Morgan fingerprint density at radius 2 is 0.929 bits per heavy atom. The number of nitrogens with zero attached hydrogens (tertiary/aromatic N) is 5. The van der Waals surface area contributed by atoms with Gasteiger partial charge in [-0.05, 0) is 96.1 Å². The lowest BCUT2D eigenvalue weighted by molar-refractivity contribution is 0.0588. The summed E-state index contributed by atoms with van der Waals surface area (Å²) in [5.74, 6) is 1.90. The van der Waals surface area contributed by atoms with Gasteiger partial charge in [-0.1, -0.05) is 24.3 Å². The Balaban J connectivity index is 1.73. The second-order valence-corrected chi connectivity index (χ2v) is 11.6. The molecule has 4 aromatic rings. The van der Waals surface area contributed by atoms with Gasteiger partial charge in [0.25, 0.3) is 0 Å². The van der Waals surface area contributed by atoms with Crippen LogP contribution in [-0.4, -0.2) is 38.3 Å². The number of fused-ring (bicyclic) bond motifs is 8. The highest BCUT2D eigenvalue weighted by Crippen LogP contribution is 2.32. The Kier molecular flexibility index (Phi) is 7.42. The summed E-state index contributed by atoms with van der Waals surface area (Å²) in [6.07, 6.45) is -1.37. The maximum Gasteiger partial charge on any atom is 0.421 e. The summed E-state index contributed by atoms with van der Waals surface area (Å²) in [5, 5.41) is 6.58. The van der Waals surface area contributed by atoms with Gasteiger partial charge in [-0.25, -0.2) is 34.3 Å². The molecule has 0 saturated heterocycles. The summed E-state index contributed by atoms with van der Waals surface area (Å²) in [4.78, 5) is 43.9. The van der Waals surface area contributed by atoms with E-state index in [1.165, 1.54) is 9.80 Å². The summed E-state index contributed by atoms with van der Waals surface area (Å²) >= 11 is 0. The summed E-state index contributed by atoms with van der Waals surface area (Å²) in [6, 6.07) is 23.0. The summed E-state index contributed by atoms with van der Waals surface area (Å²) in [7, 11) is 0. The normalized spacial score (nSPS) is 13.0. The molecule has 4 heterocycles. The first kappa shape index (κ1) is 28.3. The zero-order valence-electron chi connectivity index (χ0n) is 24.4. The van der Waals surface area contributed by atoms with Crippen molar-refractivity contribution in [3.05, 3.63) is 78.9 Å². The fraction of sp³-hybridized carbons (Fsp3) is 0.258. The van der Waals surface area contributed by atoms with E-state index in [9.17, 15) is 9.59 Å². The molecule has 0 saturated carbocycles. The number of hydrogen-bond donors (Lipinski definition) is 2. The molecule has 11 heteroatoms. The fourth-order valence-electron chi connectivity index (χ4n) is 4.09. The first-order chi connectivity index (χ1) is 19.8. The van der Waals surface area contributed by atoms with Crippen molar-refractivity contribution < 1.29 is 19.1 Å². The van der Waals surface area contributed by atoms with Crippen molar-refractivity contribution in [2.75, 3.05) is 20.4 Å². The Labute approximate surface area is 244 Å². The highest BCUT2D eigenvalue weighted by Gasteiger charge is 2.31. The highest BCUT2D eigenvalue weighted by atomic mass is 16.6. The van der Waals surface area contributed by atoms with E-state index < -0.39 is 23.4 Å². The van der Waals surface area contributed by atoms with Gasteiger partial charge in [0.2, 0.25) is 0 Å². The van der Waals surface area contributed by atoms with Crippen LogP contribution in [-0.2, 0) is 9.47 Å². The van der Waals surface area contributed by atoms with Crippen molar-refractivity contribution in [2.45, 2.75) is 52.7 Å². The number of aromatic nitrogens is 3. The first-order valence-corrected chi connectivity index (χ1v) is 13.5. The Morgan fingerprint density at radius 3 is 1.33 bits per heavy atom. The minimum absolute atomic E-state index is 0.184. The van der Waals surface area contributed by atoms with Gasteiger partial charge in [-0.2, -0.15) is 0 Å². The van der Waals surface area contributed by atoms with E-state index in [0.29, 0.717) is 11.6 Å². The van der Waals surface area contributed by atoms with Crippen molar-refractivity contribution in [1.82, 2.24) is 15.0 Å². The van der Waals surface area contributed by atoms with Crippen molar-refractivity contribution in [2.24, 2.45) is 0 Å². The molecule has 42 heavy (non-hydrogen) atoms. The zero-order valence-corrected chi connectivity index (χ0v) is 24.4. The topological polar surface area (TPSA) is 122 Å². The largest absolute Gasteiger partial charge is 0.443 e. The third kappa shape index (κ3) is 6.74. The highest BCUT2D eigenvalue weighted by molar-refractivity contribution is 5.97. The van der Waals surface area contributed by atoms with Gasteiger partial charge in [0.05, 0.1) is 0 Å². The van der Waals surface area contributed by atoms with Crippen LogP contribution in [0.3, 0.4) is 0 Å². The standard InChI is InChI=1S/C31H33N7O4/c1-30(2,3)41-28(39)37-24-15-8-13-22(34-24)32-20-11-7-12-21(19-20)33-23-14-9-16-25(35-23)38(29(40)42-31(4,5)6)27-18-10-17-26(37)36-27/h7-19H,1-6H3,(H,32,34)(H,33,35). The molecular weight excluding hydrogens is 534 g/mol. The number of carbonyl (C=O) groups excluding carboxylic acids is 2. The number of anilines is 8. The van der Waals surface area contributed by atoms with E-state index in [4.69, 9.17) is 24.4 Å². The number of amides is 2. The van der Waals surface area contributed by atoms with Crippen molar-refractivity contribution >= 4 is 58.5 Å². The molecule has 8 bridgehead atoms. The molecule has 1 aliphatic rings. The number of hydrogen-bond acceptors (Lipinski definition) is 9. The number of pyridine rings is 3. The molecule has 5 rings (SSSR count). The average molecular weight is 568 g/mol. The van der Waals surface area contributed by atoms with Gasteiger partial charge >= 0.3 is 12.2 Å². The van der Waals surface area contributed by atoms with Crippen LogP contribution in [0.4, 0.5) is 55.9 Å². The minimum Gasteiger partial charge on any atom is -0.443 e. The van der Waals surface area contributed by atoms with Crippen LogP contribution >= 0.6 is 0 Å². The molecule has 0 spiro atoms. The van der Waals surface area contributed by atoms with E-state index in [-0.39, 0.29) is 23.3 Å². The molecule has 0 fully saturated rings. The van der Waals surface area contributed by atoms with Crippen molar-refractivity contribution in [3.8, 4) is 0 Å². The lowest BCUT2D eigenvalue weighted by atomic mass is 10.2. The lowest BCUT2D eigenvalue weighted by Crippen LogP contribution is -2.36. The summed E-state index contributed by atoms with van der Waals surface area (Å²) in [6.45, 7) is 10.7. The quantitative estimate of drug-likeness (QED) is 0.219. The van der Waals surface area contributed by atoms with Crippen molar-refractivity contribution in [1.29, 1.82) is 0 Å². The summed E-state index contributed by atoms with van der Waals surface area (Å²) in [5.41, 5.74) is -0.0697. The predicted molar refractivity (Wildman–Crippen MR) is 162 cm³/mol. The van der Waals surface area contributed by atoms with Crippen molar-refractivity contribution in [3.63, 3.8) is 0 Å². The number of rotatable bonds is 0. The fourth-order valence-corrected chi connectivity index (χ4v) is 4.09. The molecule has 0 aliphatic carbocycles. The maximum absolute atomic E-state index is 13.6. The third-order valence-corrected chi connectivity index (χ3v) is 5.66. The minimum atomic E-state index is -0.792. The molecule has 0 unspecified atom stereocenters. The Bertz CT molecular complexity index is 1520. The molecule has 1 aromatic carbocycles. The molecule has 216 valence electrons. The predicted octanol–water partition coefficient (Wildman–Crippen LogP) is 7.82. The van der Waals surface area contributed by atoms with E-state index >= 15 is 0 Å². The van der Waals surface area contributed by atoms with E-state index in [0.717, 1.165) is 11.4 Å². The molecule has 11 nitrogen and oxygen atoms in total. The Morgan fingerprint density at radius 1 is 0.571 bits per heavy atom. The maximum atomic E-state index is 13.6. The van der Waals surface area contributed by atoms with Gasteiger partial charge in [-0.15, -0.1) is 0 Å². The molecule has 2 amide bonds. The lowest BCUT2D eigenvalue weighted by Gasteiger charge is -2.28. The van der Waals surface area contributed by atoms with Crippen LogP contribution in [0.1, 0.15) is 41.5 Å². The summed E-state index contributed by atoms with van der Waals surface area (Å²) < 4.78 is 11.5. The van der Waals surface area contributed by atoms with Gasteiger partial charge < -0.3 is 20.1 Å². The van der Waals surface area contributed by atoms with Gasteiger partial charge in [-0.3, -0.25) is 0 Å².